The fourth-order valence-corrected chi connectivity index (χ4v) is 2.68. The molecular formula is C10H17NO2. The van der Waals surface area contributed by atoms with Crippen LogP contribution in [-0.2, 0) is 9.53 Å². The number of rotatable bonds is 1. The number of carbonyl (C=O) groups excluding carboxylic acids is 1. The Kier molecular flexibility index (Phi) is 2.06. The van der Waals surface area contributed by atoms with Crippen molar-refractivity contribution in [3.05, 3.63) is 0 Å². The van der Waals surface area contributed by atoms with Gasteiger partial charge in [-0.25, -0.2) is 0 Å². The molecule has 2 rings (SSSR count). The predicted molar refractivity (Wildman–Crippen MR) is 49.1 cm³/mol. The number of carbonyl (C=O) groups is 1. The molecule has 13 heavy (non-hydrogen) atoms. The van der Waals surface area contributed by atoms with E-state index in [0.717, 1.165) is 19.3 Å². The molecule has 0 aromatic carbocycles. The van der Waals surface area contributed by atoms with Crippen LogP contribution in [0.5, 0.6) is 0 Å². The third kappa shape index (κ3) is 1.26. The van der Waals surface area contributed by atoms with E-state index in [-0.39, 0.29) is 17.7 Å². The van der Waals surface area contributed by atoms with Crippen LogP contribution >= 0.6 is 0 Å². The van der Waals surface area contributed by atoms with E-state index in [1.54, 1.807) is 7.11 Å². The van der Waals surface area contributed by atoms with Gasteiger partial charge in [0.25, 0.3) is 0 Å². The van der Waals surface area contributed by atoms with Crippen LogP contribution in [0.3, 0.4) is 0 Å². The molecule has 2 heterocycles. The normalized spacial score (nSPS) is 39.4. The van der Waals surface area contributed by atoms with Crippen molar-refractivity contribution in [1.82, 2.24) is 4.90 Å². The number of fused-ring (bicyclic) bond motifs is 1. The van der Waals surface area contributed by atoms with Crippen LogP contribution in [0.1, 0.15) is 39.0 Å². The lowest BCUT2D eigenvalue weighted by molar-refractivity contribution is -0.153. The van der Waals surface area contributed by atoms with Crippen LogP contribution in [0.25, 0.3) is 0 Å². The lowest BCUT2D eigenvalue weighted by Gasteiger charge is -2.44. The van der Waals surface area contributed by atoms with Gasteiger partial charge in [0.05, 0.1) is 0 Å². The molecule has 0 aromatic heterocycles. The Morgan fingerprint density at radius 2 is 2.31 bits per heavy atom. The summed E-state index contributed by atoms with van der Waals surface area (Å²) in [6.07, 6.45) is 5.06. The molecule has 0 N–H and O–H groups in total. The first kappa shape index (κ1) is 9.00. The number of nitrogens with zero attached hydrogens (tertiary/aromatic N) is 1. The van der Waals surface area contributed by atoms with E-state index in [9.17, 15) is 4.79 Å². The van der Waals surface area contributed by atoms with Gasteiger partial charge in [-0.05, 0) is 32.6 Å². The summed E-state index contributed by atoms with van der Waals surface area (Å²) in [6.45, 7) is 2.18. The van der Waals surface area contributed by atoms with Gasteiger partial charge in [0, 0.05) is 19.1 Å². The first-order valence-electron chi connectivity index (χ1n) is 5.02. The molecule has 3 heteroatoms. The average Bonchev–Trinajstić information content (AvgIpc) is 2.42. The Labute approximate surface area is 79.0 Å². The summed E-state index contributed by atoms with van der Waals surface area (Å²) < 4.78 is 5.35. The first-order valence-corrected chi connectivity index (χ1v) is 5.02. The molecule has 2 atom stereocenters. The standard InChI is InChI=1S/C10H17NO2/c1-10-6-3-4-9(13-2)11(10)8(12)5-7-10/h9H,3-7H2,1-2H3. The monoisotopic (exact) mass is 183 g/mol. The SMILES string of the molecule is COC1CCCC2(C)CCC(=O)N12. The van der Waals surface area contributed by atoms with Crippen LogP contribution in [0, 0.1) is 0 Å². The van der Waals surface area contributed by atoms with Crippen molar-refractivity contribution in [3.8, 4) is 0 Å². The lowest BCUT2D eigenvalue weighted by Crippen LogP contribution is -2.53. The summed E-state index contributed by atoms with van der Waals surface area (Å²) in [5, 5.41) is 0. The van der Waals surface area contributed by atoms with Gasteiger partial charge in [0.2, 0.25) is 5.91 Å². The summed E-state index contributed by atoms with van der Waals surface area (Å²) >= 11 is 0. The van der Waals surface area contributed by atoms with Gasteiger partial charge in [0.15, 0.2) is 0 Å². The van der Waals surface area contributed by atoms with Crippen molar-refractivity contribution in [3.63, 3.8) is 0 Å². The van der Waals surface area contributed by atoms with Crippen molar-refractivity contribution in [2.45, 2.75) is 50.8 Å². The van der Waals surface area contributed by atoms with Crippen molar-refractivity contribution in [2.75, 3.05) is 7.11 Å². The van der Waals surface area contributed by atoms with Gasteiger partial charge in [-0.2, -0.15) is 0 Å². The summed E-state index contributed by atoms with van der Waals surface area (Å²) in [5.41, 5.74) is 0.0933. The number of ether oxygens (including phenoxy) is 1. The summed E-state index contributed by atoms with van der Waals surface area (Å²) in [5.74, 6) is 0.272. The maximum atomic E-state index is 11.6. The Bertz CT molecular complexity index is 229. The molecule has 0 aromatic rings. The summed E-state index contributed by atoms with van der Waals surface area (Å²) in [7, 11) is 1.70. The predicted octanol–water partition coefficient (Wildman–Crippen LogP) is 1.52. The average molecular weight is 183 g/mol. The minimum atomic E-state index is 0.0359. The Hall–Kier alpha value is -0.570. The second kappa shape index (κ2) is 2.98. The highest BCUT2D eigenvalue weighted by molar-refractivity contribution is 5.80. The minimum Gasteiger partial charge on any atom is -0.362 e. The maximum absolute atomic E-state index is 11.6. The Balaban J connectivity index is 2.23. The smallest absolute Gasteiger partial charge is 0.225 e. The second-order valence-corrected chi connectivity index (χ2v) is 4.34. The largest absolute Gasteiger partial charge is 0.362 e. The molecule has 2 saturated heterocycles. The molecule has 2 fully saturated rings. The number of piperidine rings is 1. The molecular weight excluding hydrogens is 166 g/mol. The number of methoxy groups -OCH3 is 1. The molecule has 0 radical (unpaired) electrons. The zero-order valence-electron chi connectivity index (χ0n) is 8.38. The lowest BCUT2D eigenvalue weighted by atomic mass is 9.88. The van der Waals surface area contributed by atoms with E-state index >= 15 is 0 Å². The second-order valence-electron chi connectivity index (χ2n) is 4.34. The fraction of sp³-hybridized carbons (Fsp3) is 0.900. The maximum Gasteiger partial charge on any atom is 0.225 e. The number of hydrogen-bond acceptors (Lipinski definition) is 2. The third-order valence-electron chi connectivity index (χ3n) is 3.45. The van der Waals surface area contributed by atoms with E-state index in [0.29, 0.717) is 6.42 Å². The van der Waals surface area contributed by atoms with Crippen LogP contribution in [0.4, 0.5) is 0 Å². The van der Waals surface area contributed by atoms with Crippen molar-refractivity contribution in [1.29, 1.82) is 0 Å². The van der Waals surface area contributed by atoms with Gasteiger partial charge in [-0.15, -0.1) is 0 Å². The minimum absolute atomic E-state index is 0.0359. The number of hydrogen-bond donors (Lipinski definition) is 0. The van der Waals surface area contributed by atoms with Crippen molar-refractivity contribution < 1.29 is 9.53 Å². The van der Waals surface area contributed by atoms with Gasteiger partial charge >= 0.3 is 0 Å². The first-order chi connectivity index (χ1) is 6.17. The van der Waals surface area contributed by atoms with Crippen molar-refractivity contribution in [2.24, 2.45) is 0 Å². The highest BCUT2D eigenvalue weighted by Crippen LogP contribution is 2.40. The molecule has 0 aliphatic carbocycles. The van der Waals surface area contributed by atoms with Gasteiger partial charge in [0.1, 0.15) is 6.23 Å². The van der Waals surface area contributed by atoms with E-state index in [1.807, 2.05) is 4.90 Å². The zero-order valence-corrected chi connectivity index (χ0v) is 8.38. The van der Waals surface area contributed by atoms with Gasteiger partial charge < -0.3 is 9.64 Å². The van der Waals surface area contributed by atoms with Gasteiger partial charge in [-0.1, -0.05) is 0 Å². The fourth-order valence-electron chi connectivity index (χ4n) is 2.68. The van der Waals surface area contributed by atoms with E-state index < -0.39 is 0 Å². The topological polar surface area (TPSA) is 29.5 Å². The highest BCUT2D eigenvalue weighted by atomic mass is 16.5. The molecule has 1 amide bonds. The van der Waals surface area contributed by atoms with Gasteiger partial charge in [-0.3, -0.25) is 4.79 Å². The van der Waals surface area contributed by atoms with Crippen molar-refractivity contribution >= 4 is 5.91 Å². The third-order valence-corrected chi connectivity index (χ3v) is 3.45. The quantitative estimate of drug-likeness (QED) is 0.617. The van der Waals surface area contributed by atoms with E-state index in [1.165, 1.54) is 6.42 Å². The van der Waals surface area contributed by atoms with E-state index in [2.05, 4.69) is 6.92 Å². The Morgan fingerprint density at radius 1 is 1.54 bits per heavy atom. The van der Waals surface area contributed by atoms with Crippen LogP contribution in [0.2, 0.25) is 0 Å². The highest BCUT2D eigenvalue weighted by Gasteiger charge is 2.47. The summed E-state index contributed by atoms with van der Waals surface area (Å²) in [4.78, 5) is 13.6. The molecule has 2 unspecified atom stereocenters. The van der Waals surface area contributed by atoms with E-state index in [4.69, 9.17) is 4.74 Å². The van der Waals surface area contributed by atoms with Crippen LogP contribution in [-0.4, -0.2) is 29.7 Å². The molecule has 2 aliphatic rings. The Morgan fingerprint density at radius 3 is 3.00 bits per heavy atom. The molecule has 74 valence electrons. The van der Waals surface area contributed by atoms with Crippen LogP contribution in [0.15, 0.2) is 0 Å². The molecule has 0 saturated carbocycles. The number of amides is 1. The molecule has 3 nitrogen and oxygen atoms in total. The zero-order chi connectivity index (χ0) is 9.47. The van der Waals surface area contributed by atoms with Crippen LogP contribution < -0.4 is 0 Å². The molecule has 2 aliphatic heterocycles. The molecule has 0 bridgehead atoms. The summed E-state index contributed by atoms with van der Waals surface area (Å²) in [6, 6.07) is 0. The molecule has 0 spiro atoms.